The van der Waals surface area contributed by atoms with Gasteiger partial charge in [0.25, 0.3) is 0 Å². The molecule has 0 fully saturated rings. The zero-order valence-corrected chi connectivity index (χ0v) is 16.0. The molecule has 0 amide bonds. The smallest absolute Gasteiger partial charge is 0.244 e. The normalized spacial score (nSPS) is 11.8. The largest absolute Gasteiger partial charge is 0.268 e. The summed E-state index contributed by atoms with van der Waals surface area (Å²) >= 11 is 1.50. The summed E-state index contributed by atoms with van der Waals surface area (Å²) in [5.41, 5.74) is 2.88. The van der Waals surface area contributed by atoms with Crippen molar-refractivity contribution in [3.63, 3.8) is 0 Å². The molecule has 2 heterocycles. The van der Waals surface area contributed by atoms with E-state index in [4.69, 9.17) is 0 Å². The van der Waals surface area contributed by atoms with Crippen LogP contribution in [0.15, 0.2) is 40.6 Å². The number of hydrogen-bond acceptors (Lipinski definition) is 5. The molecule has 3 aromatic rings. The predicted molar refractivity (Wildman–Crippen MR) is 99.0 cm³/mol. The molecular weight excluding hydrogens is 356 g/mol. The second-order valence-electron chi connectivity index (χ2n) is 5.65. The molecule has 0 aliphatic rings. The van der Waals surface area contributed by atoms with E-state index in [1.165, 1.54) is 11.3 Å². The fourth-order valence-corrected chi connectivity index (χ4v) is 4.95. The molecule has 8 heteroatoms. The van der Waals surface area contributed by atoms with Crippen LogP contribution in [0, 0.1) is 13.8 Å². The van der Waals surface area contributed by atoms with Crippen LogP contribution in [-0.4, -0.2) is 23.2 Å². The standard InChI is InChI=1S/C17H20N4O2S2/c1-4-21-13(3)16(12(2)20-21)25(22,23)18-10-15-11-24-17(19-15)14-8-6-5-7-9-14/h5-9,11,18H,4,10H2,1-3H3. The van der Waals surface area contributed by atoms with E-state index in [9.17, 15) is 8.42 Å². The maximum Gasteiger partial charge on any atom is 0.244 e. The highest BCUT2D eigenvalue weighted by Gasteiger charge is 2.24. The van der Waals surface area contributed by atoms with Gasteiger partial charge in [-0.1, -0.05) is 30.3 Å². The van der Waals surface area contributed by atoms with Gasteiger partial charge in [-0.25, -0.2) is 18.1 Å². The molecule has 1 N–H and O–H groups in total. The van der Waals surface area contributed by atoms with Crippen LogP contribution >= 0.6 is 11.3 Å². The van der Waals surface area contributed by atoms with Crippen molar-refractivity contribution >= 4 is 21.4 Å². The molecule has 0 unspecified atom stereocenters. The number of hydrogen-bond donors (Lipinski definition) is 1. The van der Waals surface area contributed by atoms with E-state index in [0.717, 1.165) is 10.6 Å². The predicted octanol–water partition coefficient (Wildman–Crippen LogP) is 3.12. The molecule has 2 aromatic heterocycles. The number of sulfonamides is 1. The molecule has 0 aliphatic carbocycles. The van der Waals surface area contributed by atoms with Crippen LogP contribution in [0.5, 0.6) is 0 Å². The molecule has 25 heavy (non-hydrogen) atoms. The Morgan fingerprint density at radius 2 is 1.92 bits per heavy atom. The van der Waals surface area contributed by atoms with Crippen molar-refractivity contribution < 1.29 is 8.42 Å². The van der Waals surface area contributed by atoms with Crippen molar-refractivity contribution in [2.45, 2.75) is 38.8 Å². The Bertz CT molecular complexity index is 976. The lowest BCUT2D eigenvalue weighted by molar-refractivity contribution is 0.578. The van der Waals surface area contributed by atoms with Gasteiger partial charge in [-0.2, -0.15) is 5.10 Å². The van der Waals surface area contributed by atoms with Crippen LogP contribution in [0.2, 0.25) is 0 Å². The minimum atomic E-state index is -3.63. The van der Waals surface area contributed by atoms with Crippen LogP contribution in [0.25, 0.3) is 10.6 Å². The number of benzene rings is 1. The van der Waals surface area contributed by atoms with Gasteiger partial charge in [0.2, 0.25) is 10.0 Å². The molecule has 0 atom stereocenters. The highest BCUT2D eigenvalue weighted by molar-refractivity contribution is 7.89. The van der Waals surface area contributed by atoms with E-state index in [0.29, 0.717) is 23.6 Å². The van der Waals surface area contributed by atoms with Gasteiger partial charge in [0.15, 0.2) is 0 Å². The van der Waals surface area contributed by atoms with Gasteiger partial charge in [0, 0.05) is 17.5 Å². The van der Waals surface area contributed by atoms with Crippen LogP contribution in [0.4, 0.5) is 0 Å². The summed E-state index contributed by atoms with van der Waals surface area (Å²) in [6, 6.07) is 9.83. The second-order valence-corrected chi connectivity index (χ2v) is 8.21. The summed E-state index contributed by atoms with van der Waals surface area (Å²) in [7, 11) is -3.63. The van der Waals surface area contributed by atoms with Gasteiger partial charge in [-0.15, -0.1) is 11.3 Å². The fraction of sp³-hybridized carbons (Fsp3) is 0.294. The summed E-state index contributed by atoms with van der Waals surface area (Å²) in [5, 5.41) is 7.03. The maximum absolute atomic E-state index is 12.7. The van der Waals surface area contributed by atoms with Crippen molar-refractivity contribution in [3.8, 4) is 10.6 Å². The lowest BCUT2D eigenvalue weighted by Gasteiger charge is -2.06. The van der Waals surface area contributed by atoms with Gasteiger partial charge in [0.1, 0.15) is 9.90 Å². The van der Waals surface area contributed by atoms with Crippen molar-refractivity contribution in [3.05, 3.63) is 52.8 Å². The average Bonchev–Trinajstić information content (AvgIpc) is 3.18. The fourth-order valence-electron chi connectivity index (χ4n) is 2.72. The van der Waals surface area contributed by atoms with Crippen molar-refractivity contribution in [1.29, 1.82) is 0 Å². The zero-order chi connectivity index (χ0) is 18.0. The van der Waals surface area contributed by atoms with Crippen molar-refractivity contribution in [2.75, 3.05) is 0 Å². The van der Waals surface area contributed by atoms with E-state index < -0.39 is 10.0 Å². The third kappa shape index (κ3) is 3.65. The van der Waals surface area contributed by atoms with Crippen LogP contribution < -0.4 is 4.72 Å². The molecule has 3 rings (SSSR count). The average molecular weight is 377 g/mol. The molecule has 1 aromatic carbocycles. The van der Waals surface area contributed by atoms with Crippen LogP contribution in [0.3, 0.4) is 0 Å². The molecule has 0 saturated carbocycles. The Morgan fingerprint density at radius 1 is 1.20 bits per heavy atom. The quantitative estimate of drug-likeness (QED) is 0.717. The summed E-state index contributed by atoms with van der Waals surface area (Å²) in [6.45, 7) is 6.21. The summed E-state index contributed by atoms with van der Waals surface area (Å²) in [4.78, 5) is 4.77. The number of aromatic nitrogens is 3. The molecule has 0 spiro atoms. The first-order valence-corrected chi connectivity index (χ1v) is 10.3. The van der Waals surface area contributed by atoms with Crippen molar-refractivity contribution in [1.82, 2.24) is 19.5 Å². The summed E-state index contributed by atoms with van der Waals surface area (Å²) in [5.74, 6) is 0. The summed E-state index contributed by atoms with van der Waals surface area (Å²) < 4.78 is 29.7. The highest BCUT2D eigenvalue weighted by atomic mass is 32.2. The maximum atomic E-state index is 12.7. The SMILES string of the molecule is CCn1nc(C)c(S(=O)(=O)NCc2csc(-c3ccccc3)n2)c1C. The first-order chi connectivity index (χ1) is 11.9. The first kappa shape index (κ1) is 17.8. The Kier molecular flexibility index (Phi) is 5.03. The third-order valence-corrected chi connectivity index (χ3v) is 6.49. The Labute approximate surface area is 151 Å². The van der Waals surface area contributed by atoms with Gasteiger partial charge < -0.3 is 0 Å². The number of rotatable bonds is 6. The minimum Gasteiger partial charge on any atom is -0.268 e. The zero-order valence-electron chi connectivity index (χ0n) is 14.4. The van der Waals surface area contributed by atoms with Crippen LogP contribution in [-0.2, 0) is 23.1 Å². The van der Waals surface area contributed by atoms with E-state index in [-0.39, 0.29) is 11.4 Å². The van der Waals surface area contributed by atoms with Crippen LogP contribution in [0.1, 0.15) is 24.0 Å². The lowest BCUT2D eigenvalue weighted by atomic mass is 10.2. The van der Waals surface area contributed by atoms with E-state index in [1.54, 1.807) is 18.5 Å². The van der Waals surface area contributed by atoms with Gasteiger partial charge in [0.05, 0.1) is 23.6 Å². The molecule has 132 valence electrons. The Balaban J connectivity index is 1.78. The number of thiazole rings is 1. The molecule has 6 nitrogen and oxygen atoms in total. The minimum absolute atomic E-state index is 0.155. The molecule has 0 radical (unpaired) electrons. The highest BCUT2D eigenvalue weighted by Crippen LogP contribution is 2.24. The molecule has 0 bridgehead atoms. The third-order valence-electron chi connectivity index (χ3n) is 3.90. The Hall–Kier alpha value is -2.03. The topological polar surface area (TPSA) is 76.9 Å². The molecule has 0 saturated heterocycles. The monoisotopic (exact) mass is 376 g/mol. The van der Waals surface area contributed by atoms with Gasteiger partial charge in [-0.05, 0) is 20.8 Å². The second kappa shape index (κ2) is 7.07. The van der Waals surface area contributed by atoms with E-state index in [1.807, 2.05) is 42.6 Å². The van der Waals surface area contributed by atoms with E-state index >= 15 is 0 Å². The van der Waals surface area contributed by atoms with E-state index in [2.05, 4.69) is 14.8 Å². The molecule has 0 aliphatic heterocycles. The van der Waals surface area contributed by atoms with Gasteiger partial charge in [-0.3, -0.25) is 4.68 Å². The van der Waals surface area contributed by atoms with Gasteiger partial charge >= 0.3 is 0 Å². The first-order valence-electron chi connectivity index (χ1n) is 7.96. The molecular formula is C17H20N4O2S2. The summed E-state index contributed by atoms with van der Waals surface area (Å²) in [6.07, 6.45) is 0. The number of nitrogens with zero attached hydrogens (tertiary/aromatic N) is 3. The lowest BCUT2D eigenvalue weighted by Crippen LogP contribution is -2.24. The number of aryl methyl sites for hydroxylation is 2. The number of nitrogens with one attached hydrogen (secondary N) is 1. The van der Waals surface area contributed by atoms with Crippen molar-refractivity contribution in [2.24, 2.45) is 0 Å². The Morgan fingerprint density at radius 3 is 2.56 bits per heavy atom.